The summed E-state index contributed by atoms with van der Waals surface area (Å²) in [6.07, 6.45) is 2.03. The van der Waals surface area contributed by atoms with Crippen molar-refractivity contribution in [3.05, 3.63) is 64.2 Å². The standard InChI is InChI=1S/C25H24FN3O5.C3H6O3/c1-15(30)34-18-6-4-16(5-7-18)28-14-20(25(32)33)24(31)19-11-21(26)23(12-22(19)28)29-9-2-3-17(29)13-27-8-10-29;1-2(4)3(5)6/h4-7,11-12,14,17,27H,2-3,8-10,13H2,1H3;2,4H,1H3,(H,5,6)/p+1. The molecule has 2 saturated heterocycles. The number of hydrogen-bond donors (Lipinski definition) is 4. The zero-order valence-corrected chi connectivity index (χ0v) is 22.1. The molecular formula is C28H31FN3O8+. The molecule has 2 aliphatic rings. The highest BCUT2D eigenvalue weighted by Gasteiger charge is 2.47. The van der Waals surface area contributed by atoms with Crippen LogP contribution in [0.15, 0.2) is 47.4 Å². The molecule has 2 fully saturated rings. The minimum Gasteiger partial charge on any atom is -0.479 e. The van der Waals surface area contributed by atoms with Gasteiger partial charge in [-0.15, -0.1) is 0 Å². The highest BCUT2D eigenvalue weighted by atomic mass is 19.1. The van der Waals surface area contributed by atoms with Gasteiger partial charge in [0.2, 0.25) is 5.43 Å². The van der Waals surface area contributed by atoms with Crippen molar-refractivity contribution >= 4 is 34.5 Å². The van der Waals surface area contributed by atoms with E-state index in [0.717, 1.165) is 39.0 Å². The number of halogens is 1. The summed E-state index contributed by atoms with van der Waals surface area (Å²) in [5, 5.41) is 28.8. The first-order valence-corrected chi connectivity index (χ1v) is 12.8. The number of aromatic carboxylic acids is 1. The molecule has 212 valence electrons. The van der Waals surface area contributed by atoms with E-state index in [1.54, 1.807) is 34.9 Å². The second kappa shape index (κ2) is 11.5. The molecule has 3 heterocycles. The van der Waals surface area contributed by atoms with Crippen molar-refractivity contribution in [2.24, 2.45) is 0 Å². The molecule has 1 aromatic heterocycles. The number of aliphatic carboxylic acids is 1. The normalized spacial score (nSPS) is 20.6. The van der Waals surface area contributed by atoms with Crippen LogP contribution in [0, 0.1) is 5.82 Å². The number of esters is 1. The molecule has 3 unspecified atom stereocenters. The fourth-order valence-electron chi connectivity index (χ4n) is 5.48. The van der Waals surface area contributed by atoms with Gasteiger partial charge in [-0.2, -0.15) is 0 Å². The molecule has 0 aliphatic carbocycles. The lowest BCUT2D eigenvalue weighted by Crippen LogP contribution is -2.63. The van der Waals surface area contributed by atoms with Crippen LogP contribution >= 0.6 is 0 Å². The number of carbonyl (C=O) groups excluding carboxylic acids is 1. The second-order valence-corrected chi connectivity index (χ2v) is 9.95. The molecule has 3 aromatic rings. The maximum atomic E-state index is 15.6. The summed E-state index contributed by atoms with van der Waals surface area (Å²) in [4.78, 5) is 45.4. The average Bonchev–Trinajstić information content (AvgIpc) is 3.34. The highest BCUT2D eigenvalue weighted by molar-refractivity contribution is 5.94. The predicted octanol–water partition coefficient (Wildman–Crippen LogP) is 2.28. The number of aliphatic hydroxyl groups excluding tert-OH is 1. The SMILES string of the molecule is CC(=O)Oc1ccc(-n2cc(C(=O)O)c(=O)c3cc(F)c([N+]45CCCC4CNCC5)cc32)cc1.CC(O)C(=O)O. The summed E-state index contributed by atoms with van der Waals surface area (Å²) in [6.45, 7) is 5.65. The van der Waals surface area contributed by atoms with Crippen molar-refractivity contribution in [2.75, 3.05) is 26.2 Å². The van der Waals surface area contributed by atoms with Crippen LogP contribution in [0.2, 0.25) is 0 Å². The van der Waals surface area contributed by atoms with Gasteiger partial charge in [0, 0.05) is 50.8 Å². The van der Waals surface area contributed by atoms with Gasteiger partial charge in [0.05, 0.1) is 24.0 Å². The lowest BCUT2D eigenvalue weighted by Gasteiger charge is -2.43. The number of ether oxygens (including phenoxy) is 1. The van der Waals surface area contributed by atoms with E-state index in [1.807, 2.05) is 0 Å². The molecule has 2 aliphatic heterocycles. The molecule has 11 nitrogen and oxygen atoms in total. The van der Waals surface area contributed by atoms with Gasteiger partial charge in [0.15, 0.2) is 11.5 Å². The molecule has 4 N–H and O–H groups in total. The fourth-order valence-corrected chi connectivity index (χ4v) is 5.48. The number of carboxylic acids is 2. The molecule has 0 saturated carbocycles. The Morgan fingerprint density at radius 1 is 1.15 bits per heavy atom. The third kappa shape index (κ3) is 5.60. The number of aliphatic hydroxyl groups is 1. The lowest BCUT2D eigenvalue weighted by molar-refractivity contribution is -0.145. The van der Waals surface area contributed by atoms with Gasteiger partial charge >= 0.3 is 17.9 Å². The molecule has 0 bridgehead atoms. The molecule has 0 amide bonds. The van der Waals surface area contributed by atoms with Gasteiger partial charge < -0.3 is 29.9 Å². The van der Waals surface area contributed by atoms with Crippen LogP contribution in [0.3, 0.4) is 0 Å². The van der Waals surface area contributed by atoms with Gasteiger partial charge in [0.25, 0.3) is 0 Å². The summed E-state index contributed by atoms with van der Waals surface area (Å²) < 4.78 is 22.8. The first-order valence-electron chi connectivity index (χ1n) is 12.8. The van der Waals surface area contributed by atoms with Crippen LogP contribution in [0.4, 0.5) is 10.1 Å². The summed E-state index contributed by atoms with van der Waals surface area (Å²) in [5.74, 6) is -3.18. The first-order chi connectivity index (χ1) is 18.9. The van der Waals surface area contributed by atoms with Crippen molar-refractivity contribution in [3.8, 4) is 11.4 Å². The molecule has 2 aromatic carbocycles. The van der Waals surface area contributed by atoms with Crippen molar-refractivity contribution in [1.29, 1.82) is 0 Å². The Morgan fingerprint density at radius 2 is 1.82 bits per heavy atom. The van der Waals surface area contributed by atoms with Crippen molar-refractivity contribution < 1.29 is 38.8 Å². The number of aromatic nitrogens is 1. The molecule has 0 spiro atoms. The number of hydrogen-bond acceptors (Lipinski definition) is 7. The Balaban J connectivity index is 0.000000557. The molecule has 5 rings (SSSR count). The van der Waals surface area contributed by atoms with Gasteiger partial charge in [0.1, 0.15) is 23.5 Å². The van der Waals surface area contributed by atoms with Crippen molar-refractivity contribution in [3.63, 3.8) is 0 Å². The highest BCUT2D eigenvalue weighted by Crippen LogP contribution is 2.39. The number of quaternary nitrogens is 1. The Hall–Kier alpha value is -4.13. The molecule has 12 heteroatoms. The minimum absolute atomic E-state index is 0.00861. The van der Waals surface area contributed by atoms with Crippen LogP contribution in [0.25, 0.3) is 16.6 Å². The average molecular weight is 557 g/mol. The van der Waals surface area contributed by atoms with Gasteiger partial charge in [-0.3, -0.25) is 14.1 Å². The largest absolute Gasteiger partial charge is 0.479 e. The quantitative estimate of drug-likeness (QED) is 0.210. The zero-order chi connectivity index (χ0) is 29.2. The molecule has 3 atom stereocenters. The van der Waals surface area contributed by atoms with Crippen LogP contribution < -0.4 is 20.0 Å². The Morgan fingerprint density at radius 3 is 2.42 bits per heavy atom. The number of rotatable bonds is 5. The van der Waals surface area contributed by atoms with E-state index in [0.29, 0.717) is 27.1 Å². The van der Waals surface area contributed by atoms with E-state index in [2.05, 4.69) is 5.32 Å². The van der Waals surface area contributed by atoms with E-state index >= 15 is 4.39 Å². The van der Waals surface area contributed by atoms with E-state index in [9.17, 15) is 24.3 Å². The van der Waals surface area contributed by atoms with Crippen molar-refractivity contribution in [1.82, 2.24) is 14.4 Å². The molecule has 40 heavy (non-hydrogen) atoms. The number of pyridine rings is 1. The monoisotopic (exact) mass is 556 g/mol. The topological polar surface area (TPSA) is 155 Å². The van der Waals surface area contributed by atoms with Crippen LogP contribution in [-0.4, -0.2) is 76.1 Å². The van der Waals surface area contributed by atoms with Gasteiger partial charge in [-0.25, -0.2) is 14.0 Å². The third-order valence-corrected chi connectivity index (χ3v) is 7.38. The van der Waals surface area contributed by atoms with Crippen LogP contribution in [0.5, 0.6) is 5.75 Å². The summed E-state index contributed by atoms with van der Waals surface area (Å²) in [5.41, 5.74) is 0.350. The molecule has 0 radical (unpaired) electrons. The number of nitrogens with zero attached hydrogens (tertiary/aromatic N) is 2. The number of nitrogens with one attached hydrogen (secondary N) is 1. The first kappa shape index (κ1) is 28.9. The number of carbonyl (C=O) groups is 3. The fraction of sp³-hybridized carbons (Fsp3) is 0.357. The van der Waals surface area contributed by atoms with E-state index in [4.69, 9.17) is 14.9 Å². The van der Waals surface area contributed by atoms with Gasteiger partial charge in [-0.1, -0.05) is 0 Å². The predicted molar refractivity (Wildman–Crippen MR) is 145 cm³/mol. The van der Waals surface area contributed by atoms with Gasteiger partial charge in [-0.05, 0) is 37.3 Å². The third-order valence-electron chi connectivity index (χ3n) is 7.38. The maximum absolute atomic E-state index is 15.6. The Labute approximate surface area is 228 Å². The van der Waals surface area contributed by atoms with E-state index < -0.39 is 40.8 Å². The number of fused-ring (bicyclic) bond motifs is 2. The van der Waals surface area contributed by atoms with Crippen LogP contribution in [0.1, 0.15) is 37.0 Å². The summed E-state index contributed by atoms with van der Waals surface area (Å²) in [7, 11) is 0. The number of carboxylic acid groups (broad SMARTS) is 2. The second-order valence-electron chi connectivity index (χ2n) is 9.95. The number of benzene rings is 2. The summed E-state index contributed by atoms with van der Waals surface area (Å²) >= 11 is 0. The molecular weight excluding hydrogens is 525 g/mol. The lowest BCUT2D eigenvalue weighted by atomic mass is 10.0. The van der Waals surface area contributed by atoms with Crippen molar-refractivity contribution in [2.45, 2.75) is 38.8 Å². The smallest absolute Gasteiger partial charge is 0.341 e. The van der Waals surface area contributed by atoms with E-state index in [1.165, 1.54) is 26.1 Å². The number of piperazine rings is 1. The Kier molecular flexibility index (Phi) is 8.33. The minimum atomic E-state index is -1.38. The van der Waals surface area contributed by atoms with Crippen LogP contribution in [-0.2, 0) is 9.59 Å². The van der Waals surface area contributed by atoms with E-state index in [-0.39, 0.29) is 11.4 Å². The Bertz CT molecular complexity index is 1520. The maximum Gasteiger partial charge on any atom is 0.341 e. The zero-order valence-electron chi connectivity index (χ0n) is 22.1. The summed E-state index contributed by atoms with van der Waals surface area (Å²) in [6, 6.07) is 9.64.